The topological polar surface area (TPSA) is 474 Å². The molecule has 0 aromatic carbocycles. The number of rotatable bonds is 20. The van der Waals surface area contributed by atoms with Crippen LogP contribution in [0.3, 0.4) is 0 Å². The number of nitrogens with one attached hydrogen (secondary N) is 4. The number of nitrogen functional groups attached to an aromatic ring is 1. The van der Waals surface area contributed by atoms with E-state index in [9.17, 15) is 19.3 Å². The van der Waals surface area contributed by atoms with Crippen LogP contribution in [0.4, 0.5) is 5.82 Å². The van der Waals surface area contributed by atoms with E-state index in [2.05, 4.69) is 40.5 Å². The summed E-state index contributed by atoms with van der Waals surface area (Å²) in [6.45, 7) is 5.28. The third-order valence-corrected chi connectivity index (χ3v) is 7.40. The number of aromatic nitrogens is 4. The number of hydrogen-bond acceptors (Lipinski definition) is 23. The Balaban J connectivity index is -0.000000651. The van der Waals surface area contributed by atoms with Crippen LogP contribution >= 0.6 is 15.6 Å². The molecule has 1 aliphatic rings. The Morgan fingerprint density at radius 2 is 0.982 bits per heavy atom. The molecule has 3 heterocycles. The van der Waals surface area contributed by atoms with E-state index in [0.717, 1.165) is 0 Å². The number of nitrogens with two attached hydrogens (primary N) is 1. The molecule has 0 saturated carbocycles. The lowest BCUT2D eigenvalue weighted by Crippen LogP contribution is -2.33. The highest BCUT2D eigenvalue weighted by molar-refractivity contribution is 7.60. The maximum absolute atomic E-state index is 9.95. The number of aliphatic hydroxyl groups excluding tert-OH is 11. The highest BCUT2D eigenvalue weighted by atomic mass is 31.3. The lowest BCUT2D eigenvalue weighted by Gasteiger charge is -2.16. The molecule has 1 aliphatic heterocycles. The summed E-state index contributed by atoms with van der Waals surface area (Å²) >= 11 is 0. The van der Waals surface area contributed by atoms with Crippen molar-refractivity contribution in [1.29, 1.82) is 0 Å². The Labute approximate surface area is 322 Å². The zero-order chi connectivity index (χ0) is 43.4. The summed E-state index contributed by atoms with van der Waals surface area (Å²) in [4.78, 5) is 42.9. The second-order valence-electron chi connectivity index (χ2n) is 10.2. The van der Waals surface area contributed by atoms with Gasteiger partial charge in [-0.15, -0.1) is 0 Å². The van der Waals surface area contributed by atoms with Crippen molar-refractivity contribution in [2.45, 2.75) is 24.5 Å². The van der Waals surface area contributed by atoms with Gasteiger partial charge < -0.3 is 107 Å². The average Bonchev–Trinajstić information content (AvgIpc) is 3.69. The van der Waals surface area contributed by atoms with Gasteiger partial charge in [0, 0.05) is 52.4 Å². The number of anilines is 1. The van der Waals surface area contributed by atoms with E-state index >= 15 is 0 Å². The van der Waals surface area contributed by atoms with Crippen molar-refractivity contribution < 1.29 is 93.9 Å². The van der Waals surface area contributed by atoms with Crippen molar-refractivity contribution in [3.8, 4) is 0 Å². The number of fused-ring (bicyclic) bond motifs is 1. The lowest BCUT2D eigenvalue weighted by atomic mass is 10.1. The number of phosphoric acid groups is 2. The molecule has 1 fully saturated rings. The summed E-state index contributed by atoms with van der Waals surface area (Å²) in [6.07, 6.45) is -1.42. The van der Waals surface area contributed by atoms with Crippen LogP contribution in [0.2, 0.25) is 0 Å². The summed E-state index contributed by atoms with van der Waals surface area (Å²) in [5, 5.41) is 105. The van der Waals surface area contributed by atoms with Crippen LogP contribution in [0.1, 0.15) is 6.23 Å². The third-order valence-electron chi connectivity index (χ3n) is 5.70. The van der Waals surface area contributed by atoms with E-state index in [1.54, 1.807) is 0 Å². The molecule has 28 nitrogen and oxygen atoms in total. The van der Waals surface area contributed by atoms with Crippen LogP contribution in [-0.2, 0) is 18.2 Å². The van der Waals surface area contributed by atoms with Gasteiger partial charge in [-0.3, -0.25) is 4.57 Å². The second kappa shape index (κ2) is 37.3. The number of ether oxygens (including phenoxy) is 1. The Hall–Kier alpha value is -2.03. The lowest BCUT2D eigenvalue weighted by molar-refractivity contribution is -0.0511. The number of aliphatic hydroxyl groups is 11. The van der Waals surface area contributed by atoms with Gasteiger partial charge in [0.25, 0.3) is 0 Å². The van der Waals surface area contributed by atoms with E-state index < -0.39 is 46.8 Å². The summed E-state index contributed by atoms with van der Waals surface area (Å²) < 4.78 is 29.1. The van der Waals surface area contributed by atoms with Crippen LogP contribution in [0.15, 0.2) is 12.7 Å². The summed E-state index contributed by atoms with van der Waals surface area (Å²) in [5.41, 5.74) is 6.44. The predicted molar refractivity (Wildman–Crippen MR) is 196 cm³/mol. The summed E-state index contributed by atoms with van der Waals surface area (Å²) in [5.74, 6) is 0.218. The molecule has 334 valence electrons. The minimum Gasteiger partial charge on any atom is -0.395 e. The summed E-state index contributed by atoms with van der Waals surface area (Å²) in [7, 11) is -10.1. The smallest absolute Gasteiger partial charge is 0.395 e. The zero-order valence-electron chi connectivity index (χ0n) is 30.6. The molecule has 2 aromatic rings. The highest BCUT2D eigenvalue weighted by Gasteiger charge is 2.44. The Morgan fingerprint density at radius 1 is 0.625 bits per heavy atom. The standard InChI is InChI=1S/C10H13N5O4.4C4H11NO2.H4O7P2/c11-8-5-9(13-2-12-8)15(3-14-5)10-7(18)6(17)4(1-16)19-10;4*6-3-1-5-2-4-7;1-8(2,3)7-9(4,5)6/h2-4,6-7,10,16-18H,1H2,(H2,11,12,13);4*5-7H,1-4H2;(H2,1,2,3)(H2,4,5,6)/t4-,6-,7-,10-;;;;;/m1...../s1. The maximum atomic E-state index is 9.95. The molecular weight excluding hydrogens is 804 g/mol. The second-order valence-corrected chi connectivity index (χ2v) is 12.8. The first-order valence-electron chi connectivity index (χ1n) is 16.6. The minimum atomic E-state index is -5.05. The van der Waals surface area contributed by atoms with Crippen LogP contribution in [-0.4, -0.2) is 225 Å². The van der Waals surface area contributed by atoms with E-state index in [1.165, 1.54) is 17.2 Å². The van der Waals surface area contributed by atoms with E-state index in [-0.39, 0.29) is 58.7 Å². The maximum Gasteiger partial charge on any atom is 0.478 e. The predicted octanol–water partition coefficient (Wildman–Crippen LogP) is -8.55. The molecular formula is C26H61N9O19P2. The fourth-order valence-electron chi connectivity index (χ4n) is 3.44. The van der Waals surface area contributed by atoms with Gasteiger partial charge in [-0.2, -0.15) is 4.31 Å². The van der Waals surface area contributed by atoms with E-state index in [4.69, 9.17) is 76.0 Å². The normalized spacial score (nSPS) is 17.5. The molecule has 0 radical (unpaired) electrons. The van der Waals surface area contributed by atoms with Gasteiger partial charge in [0.15, 0.2) is 17.7 Å². The SMILES string of the molecule is Nc1ncnc2c1ncn2[C@@H]1O[C@H](CO)[C@@H](O)[C@H]1O.O=P(O)(O)OP(=O)(O)O.OCCNCCO.OCCNCCO.OCCNCCO.OCCNCCO. The van der Waals surface area contributed by atoms with E-state index in [1.807, 2.05) is 0 Å². The number of nitrogens with zero attached hydrogens (tertiary/aromatic N) is 4. The Morgan fingerprint density at radius 3 is 1.25 bits per heavy atom. The molecule has 0 amide bonds. The van der Waals surface area contributed by atoms with Crippen molar-refractivity contribution in [2.75, 3.05) is 118 Å². The molecule has 0 aliphatic carbocycles. The number of hydrogen-bond donors (Lipinski definition) is 20. The Kier molecular flexibility index (Phi) is 38.8. The fourth-order valence-corrected chi connectivity index (χ4v) is 4.55. The van der Waals surface area contributed by atoms with Crippen LogP contribution in [0, 0.1) is 0 Å². The monoisotopic (exact) mass is 865 g/mol. The molecule has 30 heteroatoms. The van der Waals surface area contributed by atoms with Gasteiger partial charge >= 0.3 is 15.6 Å². The molecule has 0 spiro atoms. The van der Waals surface area contributed by atoms with Crippen molar-refractivity contribution in [3.05, 3.63) is 12.7 Å². The third kappa shape index (κ3) is 32.0. The van der Waals surface area contributed by atoms with Crippen molar-refractivity contribution in [3.63, 3.8) is 0 Å². The molecule has 0 unspecified atom stereocenters. The zero-order valence-corrected chi connectivity index (χ0v) is 32.4. The van der Waals surface area contributed by atoms with Crippen LogP contribution in [0.5, 0.6) is 0 Å². The molecule has 56 heavy (non-hydrogen) atoms. The Bertz CT molecular complexity index is 1190. The van der Waals surface area contributed by atoms with Crippen LogP contribution in [0.25, 0.3) is 11.2 Å². The first-order chi connectivity index (χ1) is 26.5. The quantitative estimate of drug-likeness (QED) is 0.0434. The average molecular weight is 866 g/mol. The van der Waals surface area contributed by atoms with E-state index in [0.29, 0.717) is 63.5 Å². The van der Waals surface area contributed by atoms with Gasteiger partial charge in [-0.25, -0.2) is 24.1 Å². The molecule has 1 saturated heterocycles. The number of imidazole rings is 1. The first-order valence-corrected chi connectivity index (χ1v) is 19.6. The van der Waals surface area contributed by atoms with Gasteiger partial charge in [-0.05, 0) is 0 Å². The van der Waals surface area contributed by atoms with Crippen LogP contribution < -0.4 is 27.0 Å². The molecule has 2 aromatic heterocycles. The van der Waals surface area contributed by atoms with Gasteiger partial charge in [0.05, 0.1) is 65.8 Å². The molecule has 21 N–H and O–H groups in total. The van der Waals surface area contributed by atoms with Crippen molar-refractivity contribution in [2.24, 2.45) is 0 Å². The fraction of sp³-hybridized carbons (Fsp3) is 0.808. The van der Waals surface area contributed by atoms with Crippen molar-refractivity contribution in [1.82, 2.24) is 40.8 Å². The highest BCUT2D eigenvalue weighted by Crippen LogP contribution is 2.53. The summed E-state index contributed by atoms with van der Waals surface area (Å²) in [6, 6.07) is 0. The largest absolute Gasteiger partial charge is 0.478 e. The van der Waals surface area contributed by atoms with Gasteiger partial charge in [0.1, 0.15) is 30.2 Å². The van der Waals surface area contributed by atoms with Crippen molar-refractivity contribution >= 4 is 32.6 Å². The molecule has 3 rings (SSSR count). The van der Waals surface area contributed by atoms with Gasteiger partial charge in [0.2, 0.25) is 0 Å². The van der Waals surface area contributed by atoms with Gasteiger partial charge in [-0.1, -0.05) is 0 Å². The molecule has 0 bridgehead atoms. The minimum absolute atomic E-state index is 0.139. The molecule has 4 atom stereocenters. The first kappa shape index (κ1) is 58.3.